The fourth-order valence-corrected chi connectivity index (χ4v) is 2.14. The van der Waals surface area contributed by atoms with Crippen LogP contribution in [0.15, 0.2) is 18.2 Å². The Morgan fingerprint density at radius 2 is 1.95 bits per heavy atom. The fourth-order valence-electron chi connectivity index (χ4n) is 1.74. The predicted molar refractivity (Wildman–Crippen MR) is 85.5 cm³/mol. The number of rotatable bonds is 5. The Morgan fingerprint density at radius 3 is 2.50 bits per heavy atom. The van der Waals surface area contributed by atoms with Crippen LogP contribution in [0.1, 0.15) is 26.3 Å². The zero-order valence-corrected chi connectivity index (χ0v) is 14.2. The molecule has 0 saturated carbocycles. The third-order valence-electron chi connectivity index (χ3n) is 2.74. The van der Waals surface area contributed by atoms with E-state index in [1.54, 1.807) is 39.0 Å². The quantitative estimate of drug-likeness (QED) is 0.850. The standard InChI is InChI=1S/C15H19Cl2NO4/c1-15(2,3)22-14(21)18-8-10(13(19)20)7-9-5-4-6-11(16)12(9)17/h4-6,10H,7-8H2,1-3H3,(H,18,21)(H,19,20)/t10-/m1/s1. The lowest BCUT2D eigenvalue weighted by molar-refractivity contribution is -0.141. The average Bonchev–Trinajstić information content (AvgIpc) is 2.36. The van der Waals surface area contributed by atoms with Gasteiger partial charge in [0.1, 0.15) is 5.60 Å². The minimum Gasteiger partial charge on any atom is -0.481 e. The second kappa shape index (κ2) is 7.70. The van der Waals surface area contributed by atoms with Crippen molar-refractivity contribution in [1.29, 1.82) is 0 Å². The largest absolute Gasteiger partial charge is 0.481 e. The van der Waals surface area contributed by atoms with Crippen molar-refractivity contribution in [3.63, 3.8) is 0 Å². The highest BCUT2D eigenvalue weighted by Crippen LogP contribution is 2.27. The zero-order chi connectivity index (χ0) is 16.9. The van der Waals surface area contributed by atoms with Crippen LogP contribution in [-0.4, -0.2) is 29.3 Å². The highest BCUT2D eigenvalue weighted by molar-refractivity contribution is 6.42. The summed E-state index contributed by atoms with van der Waals surface area (Å²) >= 11 is 12.0. The number of carbonyl (C=O) groups is 2. The van der Waals surface area contributed by atoms with Crippen LogP contribution in [-0.2, 0) is 16.0 Å². The highest BCUT2D eigenvalue weighted by atomic mass is 35.5. The molecule has 5 nitrogen and oxygen atoms in total. The first-order valence-corrected chi connectivity index (χ1v) is 7.48. The van der Waals surface area contributed by atoms with Gasteiger partial charge in [0.2, 0.25) is 0 Å². The van der Waals surface area contributed by atoms with Crippen molar-refractivity contribution in [2.24, 2.45) is 5.92 Å². The molecule has 0 fully saturated rings. The highest BCUT2D eigenvalue weighted by Gasteiger charge is 2.22. The molecule has 1 amide bonds. The van der Waals surface area contributed by atoms with Gasteiger partial charge >= 0.3 is 12.1 Å². The lowest BCUT2D eigenvalue weighted by Gasteiger charge is -2.21. The summed E-state index contributed by atoms with van der Waals surface area (Å²) in [6.07, 6.45) is -0.499. The lowest BCUT2D eigenvalue weighted by Crippen LogP contribution is -2.37. The molecule has 0 aliphatic heterocycles. The molecule has 0 bridgehead atoms. The van der Waals surface area contributed by atoms with E-state index >= 15 is 0 Å². The number of carboxylic acids is 1. The Balaban J connectivity index is 2.69. The molecular formula is C15H19Cl2NO4. The summed E-state index contributed by atoms with van der Waals surface area (Å²) in [7, 11) is 0. The average molecular weight is 348 g/mol. The Labute approximate surface area is 139 Å². The zero-order valence-electron chi connectivity index (χ0n) is 12.7. The molecule has 7 heteroatoms. The van der Waals surface area contributed by atoms with Gasteiger partial charge in [-0.3, -0.25) is 4.79 Å². The third kappa shape index (κ3) is 6.12. The number of alkyl carbamates (subject to hydrolysis) is 1. The van der Waals surface area contributed by atoms with Crippen molar-refractivity contribution in [3.05, 3.63) is 33.8 Å². The molecule has 122 valence electrons. The molecule has 1 atom stereocenters. The van der Waals surface area contributed by atoms with Crippen molar-refractivity contribution in [2.45, 2.75) is 32.8 Å². The molecular weight excluding hydrogens is 329 g/mol. The van der Waals surface area contributed by atoms with Crippen molar-refractivity contribution >= 4 is 35.3 Å². The normalized spacial score (nSPS) is 12.6. The second-order valence-electron chi connectivity index (χ2n) is 5.84. The molecule has 1 aromatic rings. The van der Waals surface area contributed by atoms with Crippen LogP contribution in [0.3, 0.4) is 0 Å². The number of benzene rings is 1. The Hall–Kier alpha value is -1.46. The summed E-state index contributed by atoms with van der Waals surface area (Å²) < 4.78 is 5.07. The maximum absolute atomic E-state index is 11.6. The Morgan fingerprint density at radius 1 is 1.32 bits per heavy atom. The molecule has 22 heavy (non-hydrogen) atoms. The minimum atomic E-state index is -1.04. The number of amides is 1. The summed E-state index contributed by atoms with van der Waals surface area (Å²) in [6, 6.07) is 5.03. The third-order valence-corrected chi connectivity index (χ3v) is 3.60. The van der Waals surface area contributed by atoms with Crippen molar-refractivity contribution < 1.29 is 19.4 Å². The van der Waals surface area contributed by atoms with Crippen LogP contribution >= 0.6 is 23.2 Å². The SMILES string of the molecule is CC(C)(C)OC(=O)NC[C@@H](Cc1cccc(Cl)c1Cl)C(=O)O. The molecule has 0 unspecified atom stereocenters. The maximum atomic E-state index is 11.6. The van der Waals surface area contributed by atoms with Gasteiger partial charge in [-0.2, -0.15) is 0 Å². The van der Waals surface area contributed by atoms with E-state index in [-0.39, 0.29) is 13.0 Å². The van der Waals surface area contributed by atoms with E-state index in [4.69, 9.17) is 27.9 Å². The van der Waals surface area contributed by atoms with E-state index in [2.05, 4.69) is 5.32 Å². The van der Waals surface area contributed by atoms with Gasteiger partial charge in [0.25, 0.3) is 0 Å². The van der Waals surface area contributed by atoms with Crippen molar-refractivity contribution in [2.75, 3.05) is 6.54 Å². The Kier molecular flexibility index (Phi) is 6.50. The molecule has 0 saturated heterocycles. The van der Waals surface area contributed by atoms with Gasteiger partial charge in [-0.15, -0.1) is 0 Å². The minimum absolute atomic E-state index is 0.0624. The summed E-state index contributed by atoms with van der Waals surface area (Å²) in [4.78, 5) is 22.9. The summed E-state index contributed by atoms with van der Waals surface area (Å²) in [5.74, 6) is -1.87. The fraction of sp³-hybridized carbons (Fsp3) is 0.467. The van der Waals surface area contributed by atoms with E-state index in [9.17, 15) is 14.7 Å². The lowest BCUT2D eigenvalue weighted by atomic mass is 9.99. The first kappa shape index (κ1) is 18.6. The summed E-state index contributed by atoms with van der Waals surface area (Å²) in [6.45, 7) is 5.13. The first-order chi connectivity index (χ1) is 10.1. The van der Waals surface area contributed by atoms with E-state index in [0.29, 0.717) is 15.6 Å². The number of carboxylic acid groups (broad SMARTS) is 1. The van der Waals surface area contributed by atoms with Crippen LogP contribution in [0, 0.1) is 5.92 Å². The summed E-state index contributed by atoms with van der Waals surface area (Å²) in [5.41, 5.74) is -0.0217. The van der Waals surface area contributed by atoms with Crippen LogP contribution in [0.2, 0.25) is 10.0 Å². The number of hydrogen-bond donors (Lipinski definition) is 2. The van der Waals surface area contributed by atoms with Gasteiger partial charge in [0.05, 0.1) is 16.0 Å². The van der Waals surface area contributed by atoms with E-state index in [1.807, 2.05) is 0 Å². The van der Waals surface area contributed by atoms with Crippen LogP contribution in [0.5, 0.6) is 0 Å². The van der Waals surface area contributed by atoms with Gasteiger partial charge in [0, 0.05) is 6.54 Å². The van der Waals surface area contributed by atoms with E-state index in [1.165, 1.54) is 0 Å². The number of halogens is 2. The van der Waals surface area contributed by atoms with E-state index < -0.39 is 23.6 Å². The number of aliphatic carboxylic acids is 1. The molecule has 1 rings (SSSR count). The molecule has 0 aliphatic rings. The van der Waals surface area contributed by atoms with Crippen LogP contribution in [0.4, 0.5) is 4.79 Å². The molecule has 2 N–H and O–H groups in total. The van der Waals surface area contributed by atoms with Gasteiger partial charge in [0.15, 0.2) is 0 Å². The smallest absolute Gasteiger partial charge is 0.407 e. The number of carbonyl (C=O) groups excluding carboxylic acids is 1. The summed E-state index contributed by atoms with van der Waals surface area (Å²) in [5, 5.41) is 12.4. The number of ether oxygens (including phenoxy) is 1. The van der Waals surface area contributed by atoms with Crippen LogP contribution in [0.25, 0.3) is 0 Å². The maximum Gasteiger partial charge on any atom is 0.407 e. The molecule has 0 radical (unpaired) electrons. The molecule has 0 spiro atoms. The van der Waals surface area contributed by atoms with E-state index in [0.717, 1.165) is 0 Å². The van der Waals surface area contributed by atoms with Crippen molar-refractivity contribution in [1.82, 2.24) is 5.32 Å². The van der Waals surface area contributed by atoms with Gasteiger partial charge in [-0.05, 0) is 38.8 Å². The molecule has 1 aromatic carbocycles. The topological polar surface area (TPSA) is 75.6 Å². The van der Waals surface area contributed by atoms with Gasteiger partial charge < -0.3 is 15.2 Å². The predicted octanol–water partition coefficient (Wildman–Crippen LogP) is 3.76. The number of nitrogens with one attached hydrogen (secondary N) is 1. The molecule has 0 aliphatic carbocycles. The van der Waals surface area contributed by atoms with Crippen LogP contribution < -0.4 is 5.32 Å². The first-order valence-electron chi connectivity index (χ1n) is 6.72. The van der Waals surface area contributed by atoms with Gasteiger partial charge in [-0.25, -0.2) is 4.79 Å². The van der Waals surface area contributed by atoms with Gasteiger partial charge in [-0.1, -0.05) is 35.3 Å². The second-order valence-corrected chi connectivity index (χ2v) is 6.62. The molecule has 0 aromatic heterocycles. The Bertz CT molecular complexity index is 555. The number of hydrogen-bond acceptors (Lipinski definition) is 3. The monoisotopic (exact) mass is 347 g/mol. The van der Waals surface area contributed by atoms with Crippen molar-refractivity contribution in [3.8, 4) is 0 Å². The molecule has 0 heterocycles.